The Hall–Kier alpha value is -2.25. The van der Waals surface area contributed by atoms with Gasteiger partial charge in [-0.2, -0.15) is 0 Å². The van der Waals surface area contributed by atoms with E-state index in [1.54, 1.807) is 11.3 Å². The number of fused-ring (bicyclic) bond motifs is 1. The number of nitrogens with zero attached hydrogens (tertiary/aromatic N) is 4. The largest absolute Gasteiger partial charge is 0.370 e. The van der Waals surface area contributed by atoms with Crippen molar-refractivity contribution in [2.24, 2.45) is 10.7 Å². The van der Waals surface area contributed by atoms with Crippen LogP contribution in [0.1, 0.15) is 10.4 Å². The van der Waals surface area contributed by atoms with Gasteiger partial charge < -0.3 is 20.4 Å². The molecule has 148 valence electrons. The molecule has 0 atom stereocenters. The third kappa shape index (κ3) is 4.25. The Balaban J connectivity index is 1.28. The average Bonchev–Trinajstić information content (AvgIpc) is 3.20. The summed E-state index contributed by atoms with van der Waals surface area (Å²) in [6.45, 7) is 4.86. The van der Waals surface area contributed by atoms with Crippen molar-refractivity contribution in [1.29, 1.82) is 0 Å². The monoisotopic (exact) mass is 417 g/mol. The number of carbonyl (C=O) groups excluding carboxylic acids is 1. The number of guanidine groups is 1. The van der Waals surface area contributed by atoms with Gasteiger partial charge in [-0.15, -0.1) is 11.3 Å². The minimum absolute atomic E-state index is 0.0413. The molecule has 0 aliphatic carbocycles. The number of halogens is 1. The first-order valence-corrected chi connectivity index (χ1v) is 10.7. The van der Waals surface area contributed by atoms with Crippen molar-refractivity contribution in [3.05, 3.63) is 51.2 Å². The predicted molar refractivity (Wildman–Crippen MR) is 115 cm³/mol. The zero-order valence-electron chi connectivity index (χ0n) is 15.7. The number of nitrogens with two attached hydrogens (primary N) is 1. The fraction of sp³-hybridized carbons (Fsp3) is 0.400. The normalized spacial score (nSPS) is 17.6. The first kappa shape index (κ1) is 19.1. The summed E-state index contributed by atoms with van der Waals surface area (Å²) in [5.74, 6) is 0.497. The van der Waals surface area contributed by atoms with E-state index in [1.807, 2.05) is 34.1 Å². The van der Waals surface area contributed by atoms with Crippen molar-refractivity contribution in [2.75, 3.05) is 44.2 Å². The van der Waals surface area contributed by atoms with Crippen LogP contribution in [-0.2, 0) is 17.8 Å². The molecule has 0 spiro atoms. The Labute approximate surface area is 174 Å². The number of thiophene rings is 1. The minimum atomic E-state index is 0.0413. The molecule has 3 heterocycles. The van der Waals surface area contributed by atoms with Crippen molar-refractivity contribution in [3.8, 4) is 0 Å². The van der Waals surface area contributed by atoms with E-state index in [0.29, 0.717) is 12.5 Å². The second-order valence-electron chi connectivity index (χ2n) is 7.06. The maximum absolute atomic E-state index is 12.5. The third-order valence-corrected chi connectivity index (χ3v) is 6.61. The summed E-state index contributed by atoms with van der Waals surface area (Å²) in [6.07, 6.45) is 0.935. The number of benzene rings is 1. The molecule has 4 rings (SSSR count). The maximum Gasteiger partial charge on any atom is 0.244 e. The van der Waals surface area contributed by atoms with Gasteiger partial charge in [-0.1, -0.05) is 11.6 Å². The van der Waals surface area contributed by atoms with E-state index in [9.17, 15) is 4.79 Å². The van der Waals surface area contributed by atoms with Crippen LogP contribution >= 0.6 is 22.9 Å². The van der Waals surface area contributed by atoms with E-state index in [0.717, 1.165) is 49.9 Å². The molecule has 1 saturated heterocycles. The van der Waals surface area contributed by atoms with Crippen LogP contribution < -0.4 is 10.6 Å². The van der Waals surface area contributed by atoms with Gasteiger partial charge in [0.05, 0.1) is 0 Å². The Morgan fingerprint density at radius 2 is 1.82 bits per heavy atom. The number of hydrogen-bond donors (Lipinski definition) is 1. The Morgan fingerprint density at radius 1 is 1.07 bits per heavy atom. The standard InChI is InChI=1S/C20H24ClN5OS/c21-16-1-3-17(4-2-16)24-8-10-25(11-9-24)20(22)23-13-19(27)26-7-5-18-15(14-26)6-12-28-18/h1-4,6,12H,5,7-11,13-14H2,(H2,22,23). The number of amides is 1. The molecule has 1 aromatic heterocycles. The van der Waals surface area contributed by atoms with Crippen molar-refractivity contribution in [3.63, 3.8) is 0 Å². The van der Waals surface area contributed by atoms with E-state index in [2.05, 4.69) is 21.3 Å². The predicted octanol–water partition coefficient (Wildman–Crippen LogP) is 2.42. The summed E-state index contributed by atoms with van der Waals surface area (Å²) in [5.41, 5.74) is 8.58. The molecule has 1 fully saturated rings. The molecule has 1 amide bonds. The van der Waals surface area contributed by atoms with E-state index in [-0.39, 0.29) is 12.5 Å². The van der Waals surface area contributed by atoms with Gasteiger partial charge in [0, 0.05) is 54.9 Å². The van der Waals surface area contributed by atoms with E-state index >= 15 is 0 Å². The van der Waals surface area contributed by atoms with Crippen LogP contribution in [0.15, 0.2) is 40.7 Å². The molecule has 0 radical (unpaired) electrons. The van der Waals surface area contributed by atoms with Gasteiger partial charge in [0.2, 0.25) is 5.91 Å². The molecule has 1 aromatic carbocycles. The number of carbonyl (C=O) groups is 1. The number of aliphatic imine (C=N–C) groups is 1. The van der Waals surface area contributed by atoms with Crippen molar-refractivity contribution in [2.45, 2.75) is 13.0 Å². The van der Waals surface area contributed by atoms with Crippen LogP contribution in [0, 0.1) is 0 Å². The zero-order valence-corrected chi connectivity index (χ0v) is 17.3. The van der Waals surface area contributed by atoms with Gasteiger partial charge in [0.1, 0.15) is 6.54 Å². The fourth-order valence-corrected chi connectivity index (χ4v) is 4.67. The average molecular weight is 418 g/mol. The molecule has 0 unspecified atom stereocenters. The molecule has 2 N–H and O–H groups in total. The first-order valence-electron chi connectivity index (χ1n) is 9.48. The molecule has 8 heteroatoms. The van der Waals surface area contributed by atoms with Gasteiger partial charge in [-0.3, -0.25) is 4.79 Å². The highest BCUT2D eigenvalue weighted by atomic mass is 35.5. The SMILES string of the molecule is NC(=NCC(=O)N1CCc2sccc2C1)N1CCN(c2ccc(Cl)cc2)CC1. The number of anilines is 1. The lowest BCUT2D eigenvalue weighted by atomic mass is 10.1. The lowest BCUT2D eigenvalue weighted by Crippen LogP contribution is -2.51. The van der Waals surface area contributed by atoms with E-state index in [1.165, 1.54) is 10.4 Å². The van der Waals surface area contributed by atoms with Crippen LogP contribution in [0.25, 0.3) is 0 Å². The molecule has 2 aromatic rings. The van der Waals surface area contributed by atoms with E-state index < -0.39 is 0 Å². The molecule has 2 aliphatic rings. The van der Waals surface area contributed by atoms with Gasteiger partial charge in [-0.25, -0.2) is 4.99 Å². The topological polar surface area (TPSA) is 65.2 Å². The van der Waals surface area contributed by atoms with Crippen LogP contribution in [0.2, 0.25) is 5.02 Å². The minimum Gasteiger partial charge on any atom is -0.370 e. The summed E-state index contributed by atoms with van der Waals surface area (Å²) in [4.78, 5) is 24.5. The highest BCUT2D eigenvalue weighted by molar-refractivity contribution is 7.10. The molecular weight excluding hydrogens is 394 g/mol. The highest BCUT2D eigenvalue weighted by Gasteiger charge is 2.22. The van der Waals surface area contributed by atoms with E-state index in [4.69, 9.17) is 17.3 Å². The van der Waals surface area contributed by atoms with Crippen LogP contribution in [-0.4, -0.2) is 60.9 Å². The summed E-state index contributed by atoms with van der Waals surface area (Å²) in [5, 5.41) is 2.84. The van der Waals surface area contributed by atoms with Crippen LogP contribution in [0.4, 0.5) is 5.69 Å². The smallest absolute Gasteiger partial charge is 0.244 e. The van der Waals surface area contributed by atoms with Gasteiger partial charge in [-0.05, 0) is 47.7 Å². The van der Waals surface area contributed by atoms with Gasteiger partial charge >= 0.3 is 0 Å². The van der Waals surface area contributed by atoms with Crippen LogP contribution in [0.5, 0.6) is 0 Å². The number of hydrogen-bond acceptors (Lipinski definition) is 4. The molecule has 6 nitrogen and oxygen atoms in total. The molecule has 0 bridgehead atoms. The maximum atomic E-state index is 12.5. The van der Waals surface area contributed by atoms with Crippen molar-refractivity contribution < 1.29 is 4.79 Å². The fourth-order valence-electron chi connectivity index (χ4n) is 3.66. The molecule has 0 saturated carbocycles. The highest BCUT2D eigenvalue weighted by Crippen LogP contribution is 2.24. The second kappa shape index (κ2) is 8.41. The second-order valence-corrected chi connectivity index (χ2v) is 8.50. The summed E-state index contributed by atoms with van der Waals surface area (Å²) >= 11 is 7.73. The number of piperazine rings is 1. The van der Waals surface area contributed by atoms with Gasteiger partial charge in [0.25, 0.3) is 0 Å². The lowest BCUT2D eigenvalue weighted by molar-refractivity contribution is -0.130. The third-order valence-electron chi connectivity index (χ3n) is 5.33. The molecule has 2 aliphatic heterocycles. The quantitative estimate of drug-likeness (QED) is 0.615. The van der Waals surface area contributed by atoms with Crippen molar-refractivity contribution in [1.82, 2.24) is 9.80 Å². The first-order chi connectivity index (χ1) is 13.6. The van der Waals surface area contributed by atoms with Crippen molar-refractivity contribution >= 4 is 40.5 Å². The summed E-state index contributed by atoms with van der Waals surface area (Å²) in [6, 6.07) is 9.99. The van der Waals surface area contributed by atoms with Crippen LogP contribution in [0.3, 0.4) is 0 Å². The Morgan fingerprint density at radius 3 is 2.57 bits per heavy atom. The zero-order chi connectivity index (χ0) is 19.5. The molecule has 28 heavy (non-hydrogen) atoms. The number of rotatable bonds is 3. The Kier molecular flexibility index (Phi) is 5.73. The Bertz CT molecular complexity index is 858. The molecular formula is C20H24ClN5OS. The van der Waals surface area contributed by atoms with Gasteiger partial charge in [0.15, 0.2) is 5.96 Å². The lowest BCUT2D eigenvalue weighted by Gasteiger charge is -2.36. The summed E-state index contributed by atoms with van der Waals surface area (Å²) in [7, 11) is 0. The summed E-state index contributed by atoms with van der Waals surface area (Å²) < 4.78 is 0.